The van der Waals surface area contributed by atoms with Gasteiger partial charge in [-0.3, -0.25) is 9.98 Å². The number of methoxy groups -OCH3 is 4. The van der Waals surface area contributed by atoms with Gasteiger partial charge in [-0.2, -0.15) is 0 Å². The van der Waals surface area contributed by atoms with E-state index in [1.807, 2.05) is 60.7 Å². The molecule has 0 aliphatic rings. The molecule has 4 aromatic carbocycles. The number of hydrogen-bond donors (Lipinski definition) is 2. The molecule has 0 fully saturated rings. The van der Waals surface area contributed by atoms with Gasteiger partial charge in [0.15, 0.2) is 23.0 Å². The van der Waals surface area contributed by atoms with Crippen LogP contribution in [-0.2, 0) is 73.9 Å². The Morgan fingerprint density at radius 3 is 0.910 bits per heavy atom. The molecular weight excluding hydrogens is 1080 g/mol. The largest absolute Gasteiger partial charge is 2.00 e. The third kappa shape index (κ3) is 29.0. The molecule has 20 nitrogen and oxygen atoms in total. The maximum Gasteiger partial charge on any atom is 2.00 e. The van der Waals surface area contributed by atoms with Crippen LogP contribution in [0.5, 0.6) is 34.5 Å². The van der Waals surface area contributed by atoms with E-state index >= 15 is 0 Å². The zero-order valence-corrected chi connectivity index (χ0v) is 47.5. The van der Waals surface area contributed by atoms with Gasteiger partial charge in [0.05, 0.1) is 173 Å². The van der Waals surface area contributed by atoms with Crippen LogP contribution in [0.1, 0.15) is 11.1 Å². The van der Waals surface area contributed by atoms with Gasteiger partial charge in [-0.05, 0) is 47.5 Å². The molecule has 0 aliphatic heterocycles. The third-order valence-electron chi connectivity index (χ3n) is 10.7. The maximum absolute atomic E-state index is 11.0. The number of aliphatic imine (C=N–C) groups is 2. The van der Waals surface area contributed by atoms with E-state index in [4.69, 9.17) is 75.8 Å². The van der Waals surface area contributed by atoms with Crippen LogP contribution in [0.4, 0.5) is 0 Å². The summed E-state index contributed by atoms with van der Waals surface area (Å²) < 4.78 is 88.5. The molecule has 435 valence electrons. The second-order valence-electron chi connectivity index (χ2n) is 16.1. The first-order valence-corrected chi connectivity index (χ1v) is 25.5. The van der Waals surface area contributed by atoms with E-state index in [0.717, 1.165) is 22.3 Å². The molecule has 4 aromatic rings. The number of nitrogens with zero attached hydrogens (tertiary/aromatic N) is 2. The molecule has 4 rings (SSSR count). The molecule has 0 unspecified atom stereocenters. The molecule has 0 saturated carbocycles. The molecule has 0 aromatic heterocycles. The summed E-state index contributed by atoms with van der Waals surface area (Å²) in [5.74, 6) is 1.76. The number of aromatic hydroxyl groups is 2. The predicted octanol–water partition coefficient (Wildman–Crippen LogP) is 3.20. The SMILES string of the molecule is COCCOCCOCCOCCOCCOCCOc1ccccc1-c1cc(C=NCCN=Cc2cc(-c3ccccc3OCCOCCOCCOCCOCCOCCOC)cc(OC)c2O)c(O)c(OC)c1.[Cl-].[Mn+2]. The number of benzene rings is 4. The van der Waals surface area contributed by atoms with E-state index in [1.165, 1.54) is 14.2 Å². The van der Waals surface area contributed by atoms with Crippen molar-refractivity contribution >= 4 is 12.4 Å². The minimum absolute atomic E-state index is 0. The van der Waals surface area contributed by atoms with Gasteiger partial charge < -0.3 is 98.4 Å². The molecule has 0 amide bonds. The summed E-state index contributed by atoms with van der Waals surface area (Å²) in [4.78, 5) is 9.09. The molecule has 0 bridgehead atoms. The van der Waals surface area contributed by atoms with Crippen LogP contribution in [-0.4, -0.2) is 223 Å². The Morgan fingerprint density at radius 2 is 0.628 bits per heavy atom. The minimum atomic E-state index is -0.0489. The van der Waals surface area contributed by atoms with Gasteiger partial charge in [0.2, 0.25) is 0 Å². The summed E-state index contributed by atoms with van der Waals surface area (Å²) in [6, 6.07) is 22.4. The molecule has 0 aliphatic carbocycles. The van der Waals surface area contributed by atoms with Gasteiger partial charge in [-0.1, -0.05) is 36.4 Å². The fraction of sp³-hybridized carbons (Fsp3) is 0.536. The molecule has 0 saturated heterocycles. The fourth-order valence-corrected chi connectivity index (χ4v) is 6.85. The van der Waals surface area contributed by atoms with Crippen LogP contribution in [0.3, 0.4) is 0 Å². The normalized spacial score (nSPS) is 11.3. The Bertz CT molecular complexity index is 2040. The van der Waals surface area contributed by atoms with Gasteiger partial charge in [0.1, 0.15) is 24.7 Å². The third-order valence-corrected chi connectivity index (χ3v) is 10.7. The van der Waals surface area contributed by atoms with Crippen LogP contribution in [0.15, 0.2) is 82.8 Å². The summed E-state index contributed by atoms with van der Waals surface area (Å²) >= 11 is 0. The van der Waals surface area contributed by atoms with Crippen molar-refractivity contribution in [2.45, 2.75) is 0 Å². The number of phenols is 2. The minimum Gasteiger partial charge on any atom is -1.00 e. The molecule has 0 atom stereocenters. The van der Waals surface area contributed by atoms with Gasteiger partial charge in [-0.25, -0.2) is 0 Å². The molecule has 0 spiro atoms. The molecule has 22 heteroatoms. The van der Waals surface area contributed by atoms with Gasteiger partial charge in [0, 0.05) is 48.9 Å². The predicted molar refractivity (Wildman–Crippen MR) is 288 cm³/mol. The van der Waals surface area contributed by atoms with Crippen molar-refractivity contribution in [3.8, 4) is 56.8 Å². The summed E-state index contributed by atoms with van der Waals surface area (Å²) in [7, 11) is 6.27. The van der Waals surface area contributed by atoms with Crippen LogP contribution in [0.25, 0.3) is 22.3 Å². The van der Waals surface area contributed by atoms with Crippen molar-refractivity contribution < 1.29 is 115 Å². The Kier molecular flexibility index (Phi) is 41.1. The van der Waals surface area contributed by atoms with E-state index in [2.05, 4.69) is 9.98 Å². The van der Waals surface area contributed by atoms with E-state index in [9.17, 15) is 10.2 Å². The van der Waals surface area contributed by atoms with Crippen molar-refractivity contribution in [3.63, 3.8) is 0 Å². The van der Waals surface area contributed by atoms with Gasteiger partial charge >= 0.3 is 17.1 Å². The zero-order valence-electron chi connectivity index (χ0n) is 45.5. The molecule has 78 heavy (non-hydrogen) atoms. The van der Waals surface area contributed by atoms with Crippen molar-refractivity contribution in [2.24, 2.45) is 9.98 Å². The second-order valence-corrected chi connectivity index (χ2v) is 16.1. The quantitative estimate of drug-likeness (QED) is 0.0369. The molecule has 1 radical (unpaired) electrons. The molecule has 0 heterocycles. The topological polar surface area (TPSA) is 213 Å². The van der Waals surface area contributed by atoms with Crippen molar-refractivity contribution in [2.75, 3.05) is 200 Å². The Hall–Kier alpha value is -4.65. The van der Waals surface area contributed by atoms with Crippen molar-refractivity contribution in [1.29, 1.82) is 0 Å². The van der Waals surface area contributed by atoms with Crippen LogP contribution >= 0.6 is 0 Å². The summed E-state index contributed by atoms with van der Waals surface area (Å²) in [5.41, 5.74) is 4.04. The van der Waals surface area contributed by atoms with Crippen LogP contribution in [0.2, 0.25) is 0 Å². The summed E-state index contributed by atoms with van der Waals surface area (Å²) in [6.07, 6.45) is 3.16. The fourth-order valence-electron chi connectivity index (χ4n) is 6.85. The smallest absolute Gasteiger partial charge is 1.00 e. The van der Waals surface area contributed by atoms with E-state index in [1.54, 1.807) is 38.8 Å². The monoisotopic (exact) mass is 1160 g/mol. The zero-order chi connectivity index (χ0) is 53.9. The van der Waals surface area contributed by atoms with Crippen LogP contribution < -0.4 is 31.4 Å². The summed E-state index contributed by atoms with van der Waals surface area (Å²) in [6.45, 7) is 11.8. The van der Waals surface area contributed by atoms with E-state index < -0.39 is 0 Å². The molecular formula is C56H80ClMnN2O18+. The van der Waals surface area contributed by atoms with Crippen LogP contribution in [0, 0.1) is 0 Å². The van der Waals surface area contributed by atoms with Crippen molar-refractivity contribution in [1.82, 2.24) is 0 Å². The first-order valence-electron chi connectivity index (χ1n) is 25.5. The number of para-hydroxylation sites is 2. The first-order chi connectivity index (χ1) is 37.5. The standard InChI is InChI=1S/C56H80N2O18.ClH.Mn/c1-61-15-17-65-19-21-67-23-25-69-27-29-71-31-33-73-35-37-75-51-11-7-5-9-49(51)45-39-47(55(59)53(41-45)63-3)43-57-13-14-58-44-48-40-46(42-54(64-4)56(48)60)50-10-6-8-12-52(50)76-38-36-74-34-32-72-30-28-70-26-24-68-22-20-66-18-16-62-2;;/h5-12,39-44,59-60H,13-38H2,1-4H3;1H;/q;;+2/p-1. The number of rotatable bonds is 47. The second kappa shape index (κ2) is 46.1. The number of ether oxygens (including phenoxy) is 16. The number of hydrogen-bond acceptors (Lipinski definition) is 20. The Morgan fingerprint density at radius 1 is 0.359 bits per heavy atom. The Labute approximate surface area is 476 Å². The average molecular weight is 1160 g/mol. The van der Waals surface area contributed by atoms with E-state index in [0.29, 0.717) is 194 Å². The van der Waals surface area contributed by atoms with Crippen molar-refractivity contribution in [3.05, 3.63) is 83.9 Å². The maximum atomic E-state index is 11.0. The first kappa shape index (κ1) is 69.5. The van der Waals surface area contributed by atoms with Gasteiger partial charge in [0.25, 0.3) is 0 Å². The van der Waals surface area contributed by atoms with Gasteiger partial charge in [-0.15, -0.1) is 0 Å². The summed E-state index contributed by atoms with van der Waals surface area (Å²) in [5, 5.41) is 22.1. The van der Waals surface area contributed by atoms with E-state index in [-0.39, 0.29) is 52.5 Å². The Balaban J connectivity index is 0.0000104. The molecule has 2 N–H and O–H groups in total. The number of halogens is 1. The number of phenolic OH excluding ortho intramolecular Hbond substituents is 2. The average Bonchev–Trinajstić information content (AvgIpc) is 3.44.